The van der Waals surface area contributed by atoms with E-state index in [1.807, 2.05) is 66.7 Å². The molecule has 1 aliphatic rings. The van der Waals surface area contributed by atoms with E-state index in [-0.39, 0.29) is 11.7 Å². The number of ketones is 1. The maximum Gasteiger partial charge on any atom is 0.204 e. The molecule has 148 valence electrons. The van der Waals surface area contributed by atoms with Crippen LogP contribution in [-0.4, -0.2) is 23.0 Å². The Morgan fingerprint density at radius 2 is 1.28 bits per heavy atom. The first-order valence-electron chi connectivity index (χ1n) is 9.86. The number of aliphatic hydroxyl groups is 1. The van der Waals surface area contributed by atoms with Crippen LogP contribution >= 0.6 is 7.29 Å². The van der Waals surface area contributed by atoms with Gasteiger partial charge in [0.15, 0.2) is 5.78 Å². The van der Waals surface area contributed by atoms with E-state index in [4.69, 9.17) is 0 Å². The van der Waals surface area contributed by atoms with Gasteiger partial charge in [-0.2, -0.15) is 0 Å². The largest absolute Gasteiger partial charge is 0.383 e. The molecular formula is C24H24NO3P. The van der Waals surface area contributed by atoms with Crippen molar-refractivity contribution in [1.82, 2.24) is 5.09 Å². The Hall–Kier alpha value is -2.52. The average Bonchev–Trinajstić information content (AvgIpc) is 3.63. The fraction of sp³-hybridized carbons (Fsp3) is 0.208. The quantitative estimate of drug-likeness (QED) is 0.445. The van der Waals surface area contributed by atoms with Gasteiger partial charge in [-0.3, -0.25) is 14.4 Å². The topological polar surface area (TPSA) is 66.4 Å². The lowest BCUT2D eigenvalue weighted by Gasteiger charge is -2.29. The van der Waals surface area contributed by atoms with Gasteiger partial charge in [0.2, 0.25) is 7.29 Å². The van der Waals surface area contributed by atoms with Crippen molar-refractivity contribution in [3.63, 3.8) is 0 Å². The molecule has 2 N–H and O–H groups in total. The van der Waals surface area contributed by atoms with Crippen LogP contribution in [0.5, 0.6) is 0 Å². The molecular weight excluding hydrogens is 381 g/mol. The Bertz CT molecular complexity index is 961. The standard InChI is InChI=1S/C24H24NO3P/c26-23(19-10-4-1-5-11-19)24(27)22(18-16-17-18)25-29(28,20-12-6-2-7-13-20)21-14-8-3-9-15-21/h1-15,18,22,24,27H,16-17H2,(H,25,28)/t22-,24-/m0/s1. The predicted octanol–water partition coefficient (Wildman–Crippen LogP) is 3.53. The molecule has 0 aliphatic heterocycles. The normalized spacial score (nSPS) is 16.2. The van der Waals surface area contributed by atoms with Crippen molar-refractivity contribution in [2.75, 3.05) is 0 Å². The first kappa shape index (κ1) is 19.8. The minimum Gasteiger partial charge on any atom is -0.383 e. The summed E-state index contributed by atoms with van der Waals surface area (Å²) in [6.07, 6.45) is 0.548. The van der Waals surface area contributed by atoms with Gasteiger partial charge < -0.3 is 5.11 Å². The van der Waals surface area contributed by atoms with Gasteiger partial charge in [0.05, 0.1) is 0 Å². The van der Waals surface area contributed by atoms with E-state index in [1.165, 1.54) is 0 Å². The van der Waals surface area contributed by atoms with Crippen molar-refractivity contribution in [3.05, 3.63) is 96.6 Å². The summed E-state index contributed by atoms with van der Waals surface area (Å²) in [5, 5.41) is 15.6. The highest BCUT2D eigenvalue weighted by Gasteiger charge is 2.43. The minimum atomic E-state index is -3.24. The van der Waals surface area contributed by atoms with Gasteiger partial charge in [-0.05, 0) is 43.0 Å². The maximum atomic E-state index is 14.3. The summed E-state index contributed by atoms with van der Waals surface area (Å²) in [5.41, 5.74) is 0.460. The summed E-state index contributed by atoms with van der Waals surface area (Å²) in [6, 6.07) is 26.7. The smallest absolute Gasteiger partial charge is 0.204 e. The number of carbonyl (C=O) groups excluding carboxylic acids is 1. The third-order valence-electron chi connectivity index (χ3n) is 5.37. The summed E-state index contributed by atoms with van der Waals surface area (Å²) < 4.78 is 14.3. The molecule has 0 bridgehead atoms. The molecule has 1 fully saturated rings. The van der Waals surface area contributed by atoms with Crippen LogP contribution in [0.4, 0.5) is 0 Å². The molecule has 4 rings (SSSR count). The van der Waals surface area contributed by atoms with E-state index >= 15 is 0 Å². The van der Waals surface area contributed by atoms with Gasteiger partial charge in [-0.15, -0.1) is 0 Å². The second-order valence-corrected chi connectivity index (χ2v) is 9.96. The molecule has 2 atom stereocenters. The molecule has 1 saturated carbocycles. The summed E-state index contributed by atoms with van der Waals surface area (Å²) in [5.74, 6) is -0.221. The lowest BCUT2D eigenvalue weighted by molar-refractivity contribution is 0.0659. The molecule has 0 spiro atoms. The van der Waals surface area contributed by atoms with Crippen molar-refractivity contribution in [1.29, 1.82) is 0 Å². The van der Waals surface area contributed by atoms with Gasteiger partial charge in [-0.1, -0.05) is 66.7 Å². The van der Waals surface area contributed by atoms with Crippen molar-refractivity contribution in [3.8, 4) is 0 Å². The lowest BCUT2D eigenvalue weighted by Crippen LogP contribution is -2.47. The number of Topliss-reactive ketones (excluding diaryl/α,β-unsaturated/α-hetero) is 1. The molecule has 0 saturated heterocycles. The molecule has 4 nitrogen and oxygen atoms in total. The van der Waals surface area contributed by atoms with Gasteiger partial charge in [0.25, 0.3) is 0 Å². The van der Waals surface area contributed by atoms with Crippen molar-refractivity contribution < 1.29 is 14.5 Å². The molecule has 0 aromatic heterocycles. The van der Waals surface area contributed by atoms with E-state index in [0.29, 0.717) is 16.2 Å². The minimum absolute atomic E-state index is 0.124. The second kappa shape index (κ2) is 8.46. The highest BCUT2D eigenvalue weighted by Crippen LogP contribution is 2.44. The van der Waals surface area contributed by atoms with Crippen LogP contribution in [0.15, 0.2) is 91.0 Å². The van der Waals surface area contributed by atoms with Crippen LogP contribution in [0.3, 0.4) is 0 Å². The Morgan fingerprint density at radius 3 is 1.72 bits per heavy atom. The molecule has 3 aromatic rings. The molecule has 29 heavy (non-hydrogen) atoms. The Kier molecular flexibility index (Phi) is 5.77. The average molecular weight is 405 g/mol. The number of rotatable bonds is 8. The zero-order chi connectivity index (χ0) is 20.3. The number of benzene rings is 3. The molecule has 0 radical (unpaired) electrons. The summed E-state index contributed by atoms with van der Waals surface area (Å²) in [6.45, 7) is 0. The number of aliphatic hydroxyl groups excluding tert-OH is 1. The SMILES string of the molecule is O=C(c1ccccc1)[C@@H](O)[C@@H](NP(=O)(c1ccccc1)c1ccccc1)C1CC1. The molecule has 3 aromatic carbocycles. The van der Waals surface area contributed by atoms with E-state index in [2.05, 4.69) is 5.09 Å². The Balaban J connectivity index is 1.70. The van der Waals surface area contributed by atoms with Gasteiger partial charge in [-0.25, -0.2) is 0 Å². The van der Waals surface area contributed by atoms with Crippen LogP contribution in [0.25, 0.3) is 0 Å². The summed E-state index contributed by atoms with van der Waals surface area (Å²) >= 11 is 0. The number of carbonyl (C=O) groups is 1. The highest BCUT2D eigenvalue weighted by molar-refractivity contribution is 7.76. The van der Waals surface area contributed by atoms with Crippen molar-refractivity contribution >= 4 is 23.7 Å². The molecule has 5 heteroatoms. The summed E-state index contributed by atoms with van der Waals surface area (Å²) in [4.78, 5) is 12.9. The number of hydrogen-bond acceptors (Lipinski definition) is 3. The zero-order valence-corrected chi connectivity index (χ0v) is 16.9. The lowest BCUT2D eigenvalue weighted by atomic mass is 9.98. The molecule has 0 amide bonds. The van der Waals surface area contributed by atoms with E-state index < -0.39 is 19.4 Å². The first-order valence-corrected chi connectivity index (χ1v) is 11.6. The van der Waals surface area contributed by atoms with Crippen LogP contribution in [-0.2, 0) is 4.57 Å². The van der Waals surface area contributed by atoms with E-state index in [1.54, 1.807) is 24.3 Å². The van der Waals surface area contributed by atoms with E-state index in [0.717, 1.165) is 12.8 Å². The van der Waals surface area contributed by atoms with Gasteiger partial charge >= 0.3 is 0 Å². The number of hydrogen-bond donors (Lipinski definition) is 2. The Labute approximate surface area is 171 Å². The molecule has 1 aliphatic carbocycles. The van der Waals surface area contributed by atoms with Crippen LogP contribution in [0, 0.1) is 5.92 Å². The predicted molar refractivity (Wildman–Crippen MR) is 116 cm³/mol. The van der Waals surface area contributed by atoms with E-state index in [9.17, 15) is 14.5 Å². The third kappa shape index (κ3) is 4.25. The van der Waals surface area contributed by atoms with Crippen LogP contribution in [0.2, 0.25) is 0 Å². The fourth-order valence-electron chi connectivity index (χ4n) is 3.61. The van der Waals surface area contributed by atoms with Gasteiger partial charge in [0.1, 0.15) is 6.10 Å². The first-order chi connectivity index (χ1) is 14.1. The summed E-state index contributed by atoms with van der Waals surface area (Å²) in [7, 11) is -3.24. The second-order valence-electron chi connectivity index (χ2n) is 7.45. The maximum absolute atomic E-state index is 14.3. The number of nitrogens with one attached hydrogen (secondary N) is 1. The zero-order valence-electron chi connectivity index (χ0n) is 16.0. The van der Waals surface area contributed by atoms with Crippen LogP contribution < -0.4 is 15.7 Å². The van der Waals surface area contributed by atoms with Crippen LogP contribution in [0.1, 0.15) is 23.2 Å². The Morgan fingerprint density at radius 1 is 0.828 bits per heavy atom. The van der Waals surface area contributed by atoms with Gasteiger partial charge in [0, 0.05) is 22.2 Å². The monoisotopic (exact) mass is 405 g/mol. The molecule has 0 unspecified atom stereocenters. The third-order valence-corrected chi connectivity index (χ3v) is 8.08. The van der Waals surface area contributed by atoms with Crippen molar-refractivity contribution in [2.24, 2.45) is 5.92 Å². The van der Waals surface area contributed by atoms with Crippen molar-refractivity contribution in [2.45, 2.75) is 25.0 Å². The highest BCUT2D eigenvalue weighted by atomic mass is 31.2. The fourth-order valence-corrected chi connectivity index (χ4v) is 6.16. The molecule has 0 heterocycles.